The highest BCUT2D eigenvalue weighted by Gasteiger charge is 1.88. The van der Waals surface area contributed by atoms with E-state index in [1.165, 1.54) is 51.4 Å². The number of hydrogen-bond acceptors (Lipinski definition) is 0. The van der Waals surface area contributed by atoms with Gasteiger partial charge in [0.05, 0.1) is 0 Å². The average molecular weight is 177 g/mol. The lowest BCUT2D eigenvalue weighted by molar-refractivity contribution is 0.743. The highest BCUT2D eigenvalue weighted by atomic mass is 13.9. The molecular formula is C13H21. The molecule has 0 atom stereocenters. The zero-order valence-corrected chi connectivity index (χ0v) is 8.54. The van der Waals surface area contributed by atoms with Crippen LogP contribution in [0.4, 0.5) is 0 Å². The maximum atomic E-state index is 2.35. The van der Waals surface area contributed by atoms with Crippen LogP contribution in [0.3, 0.4) is 0 Å². The van der Waals surface area contributed by atoms with Gasteiger partial charge in [-0.2, -0.15) is 0 Å². The lowest BCUT2D eigenvalue weighted by Crippen LogP contribution is -1.75. The molecule has 0 unspecified atom stereocenters. The van der Waals surface area contributed by atoms with Gasteiger partial charge in [-0.3, -0.25) is 0 Å². The third-order valence-corrected chi connectivity index (χ3v) is 2.42. The third-order valence-electron chi connectivity index (χ3n) is 2.42. The Morgan fingerprint density at radius 1 is 0.538 bits per heavy atom. The molecule has 0 saturated heterocycles. The first kappa shape index (κ1) is 10.6. The van der Waals surface area contributed by atoms with Crippen molar-refractivity contribution in [2.75, 3.05) is 0 Å². The quantitative estimate of drug-likeness (QED) is 0.480. The molecule has 13 heavy (non-hydrogen) atoms. The van der Waals surface area contributed by atoms with Gasteiger partial charge in [0, 0.05) is 0 Å². The molecule has 1 radical (unpaired) electrons. The Hall–Kier alpha value is -0.520. The minimum absolute atomic E-state index is 1.25. The monoisotopic (exact) mass is 177 g/mol. The van der Waals surface area contributed by atoms with Crippen LogP contribution in [0, 0.1) is 6.42 Å². The number of hydrogen-bond donors (Lipinski definition) is 0. The van der Waals surface area contributed by atoms with Crippen LogP contribution in [-0.2, 0) is 0 Å². The summed E-state index contributed by atoms with van der Waals surface area (Å²) in [6.07, 6.45) is 22.0. The SMILES string of the molecule is [CH]1C=CCCCCC=CCCCC1. The van der Waals surface area contributed by atoms with Gasteiger partial charge in [0.1, 0.15) is 0 Å². The second kappa shape index (κ2) is 8.10. The highest BCUT2D eigenvalue weighted by molar-refractivity contribution is 4.94. The lowest BCUT2D eigenvalue weighted by Gasteiger charge is -1.93. The fourth-order valence-corrected chi connectivity index (χ4v) is 1.57. The summed E-state index contributed by atoms with van der Waals surface area (Å²) >= 11 is 0. The average Bonchev–Trinajstić information content (AvgIpc) is 2.18. The lowest BCUT2D eigenvalue weighted by atomic mass is 10.1. The molecule has 0 bridgehead atoms. The van der Waals surface area contributed by atoms with Crippen LogP contribution < -0.4 is 0 Å². The maximum Gasteiger partial charge on any atom is -0.0171 e. The van der Waals surface area contributed by atoms with E-state index in [2.05, 4.69) is 30.7 Å². The molecule has 0 N–H and O–H groups in total. The second-order valence-electron chi connectivity index (χ2n) is 3.70. The normalized spacial score (nSPS) is 21.5. The standard InChI is InChI=1S/C13H21/c1-2-4-6-8-10-12-13-11-9-7-5-3-1/h1-3,12-13H,4-11H2. The predicted octanol–water partition coefficient (Wildman–Crippen LogP) is 4.44. The molecule has 0 saturated carbocycles. The third kappa shape index (κ3) is 6.62. The second-order valence-corrected chi connectivity index (χ2v) is 3.70. The van der Waals surface area contributed by atoms with E-state index in [-0.39, 0.29) is 0 Å². The minimum Gasteiger partial charge on any atom is -0.0885 e. The van der Waals surface area contributed by atoms with Crippen molar-refractivity contribution in [3.8, 4) is 0 Å². The molecule has 1 rings (SSSR count). The van der Waals surface area contributed by atoms with Gasteiger partial charge in [-0.15, -0.1) is 0 Å². The first-order chi connectivity index (χ1) is 6.50. The molecule has 1 aliphatic rings. The molecule has 0 heterocycles. The molecule has 73 valence electrons. The van der Waals surface area contributed by atoms with Gasteiger partial charge in [-0.05, 0) is 51.4 Å². The number of allylic oxidation sites excluding steroid dienone is 4. The highest BCUT2D eigenvalue weighted by Crippen LogP contribution is 2.08. The molecule has 0 aliphatic heterocycles. The topological polar surface area (TPSA) is 0 Å². The molecule has 0 aromatic carbocycles. The van der Waals surface area contributed by atoms with E-state index < -0.39 is 0 Å². The largest absolute Gasteiger partial charge is 0.0885 e. The van der Waals surface area contributed by atoms with Gasteiger partial charge in [-0.1, -0.05) is 30.7 Å². The van der Waals surface area contributed by atoms with Crippen molar-refractivity contribution in [1.82, 2.24) is 0 Å². The Labute approximate surface area is 82.7 Å². The van der Waals surface area contributed by atoms with E-state index in [0.717, 1.165) is 0 Å². The molecule has 0 amide bonds. The van der Waals surface area contributed by atoms with E-state index >= 15 is 0 Å². The first-order valence-corrected chi connectivity index (χ1v) is 5.63. The van der Waals surface area contributed by atoms with Gasteiger partial charge >= 0.3 is 0 Å². The summed E-state index contributed by atoms with van der Waals surface area (Å²) in [6.45, 7) is 0. The van der Waals surface area contributed by atoms with Crippen LogP contribution in [0.25, 0.3) is 0 Å². The van der Waals surface area contributed by atoms with Crippen molar-refractivity contribution in [2.24, 2.45) is 0 Å². The van der Waals surface area contributed by atoms with Crippen molar-refractivity contribution in [2.45, 2.75) is 51.4 Å². The van der Waals surface area contributed by atoms with Crippen LogP contribution in [0.15, 0.2) is 24.3 Å². The molecule has 0 nitrogen and oxygen atoms in total. The number of rotatable bonds is 0. The summed E-state index contributed by atoms with van der Waals surface area (Å²) in [5, 5.41) is 0. The Bertz CT molecular complexity index is 135. The van der Waals surface area contributed by atoms with Gasteiger partial charge in [0.25, 0.3) is 0 Å². The van der Waals surface area contributed by atoms with E-state index in [0.29, 0.717) is 0 Å². The summed E-state index contributed by atoms with van der Waals surface area (Å²) in [5.41, 5.74) is 0. The van der Waals surface area contributed by atoms with Crippen molar-refractivity contribution in [1.29, 1.82) is 0 Å². The Balaban J connectivity index is 2.18. The van der Waals surface area contributed by atoms with Crippen LogP contribution in [0.1, 0.15) is 51.4 Å². The van der Waals surface area contributed by atoms with Gasteiger partial charge in [0.2, 0.25) is 0 Å². The fourth-order valence-electron chi connectivity index (χ4n) is 1.57. The van der Waals surface area contributed by atoms with Crippen LogP contribution in [0.5, 0.6) is 0 Å². The molecule has 0 heteroatoms. The molecule has 0 aromatic rings. The van der Waals surface area contributed by atoms with E-state index in [4.69, 9.17) is 0 Å². The smallest absolute Gasteiger partial charge is 0.0171 e. The fraction of sp³-hybridized carbons (Fsp3) is 0.615. The summed E-state index contributed by atoms with van der Waals surface area (Å²) in [7, 11) is 0. The van der Waals surface area contributed by atoms with Gasteiger partial charge in [0.15, 0.2) is 0 Å². The van der Waals surface area contributed by atoms with Gasteiger partial charge in [-0.25, -0.2) is 0 Å². The van der Waals surface area contributed by atoms with Crippen molar-refractivity contribution in [3.05, 3.63) is 30.7 Å². The molecule has 0 fully saturated rings. The molecular weight excluding hydrogens is 156 g/mol. The van der Waals surface area contributed by atoms with E-state index in [1.807, 2.05) is 0 Å². The van der Waals surface area contributed by atoms with Crippen LogP contribution >= 0.6 is 0 Å². The van der Waals surface area contributed by atoms with Crippen molar-refractivity contribution < 1.29 is 0 Å². The van der Waals surface area contributed by atoms with Crippen LogP contribution in [-0.4, -0.2) is 0 Å². The maximum absolute atomic E-state index is 2.35. The van der Waals surface area contributed by atoms with Crippen LogP contribution in [0.2, 0.25) is 0 Å². The molecule has 0 spiro atoms. The van der Waals surface area contributed by atoms with E-state index in [1.54, 1.807) is 0 Å². The minimum atomic E-state index is 1.25. The van der Waals surface area contributed by atoms with Crippen molar-refractivity contribution >= 4 is 0 Å². The summed E-state index contributed by atoms with van der Waals surface area (Å²) in [6, 6.07) is 0. The summed E-state index contributed by atoms with van der Waals surface area (Å²) < 4.78 is 0. The predicted molar refractivity (Wildman–Crippen MR) is 59.5 cm³/mol. The van der Waals surface area contributed by atoms with E-state index in [9.17, 15) is 0 Å². The Morgan fingerprint density at radius 2 is 1.08 bits per heavy atom. The van der Waals surface area contributed by atoms with Gasteiger partial charge < -0.3 is 0 Å². The Kier molecular flexibility index (Phi) is 6.58. The zero-order chi connectivity index (χ0) is 9.19. The molecule has 1 aliphatic carbocycles. The molecule has 0 aromatic heterocycles. The summed E-state index contributed by atoms with van der Waals surface area (Å²) in [4.78, 5) is 0. The Morgan fingerprint density at radius 3 is 1.77 bits per heavy atom. The summed E-state index contributed by atoms with van der Waals surface area (Å²) in [5.74, 6) is 0. The van der Waals surface area contributed by atoms with Crippen molar-refractivity contribution in [3.63, 3.8) is 0 Å². The first-order valence-electron chi connectivity index (χ1n) is 5.63. The zero-order valence-electron chi connectivity index (χ0n) is 8.54.